The third-order valence-electron chi connectivity index (χ3n) is 5.25. The fourth-order valence-corrected chi connectivity index (χ4v) is 3.89. The van der Waals surface area contributed by atoms with Crippen molar-refractivity contribution in [1.82, 2.24) is 5.32 Å². The molecule has 32 heavy (non-hydrogen) atoms. The highest BCUT2D eigenvalue weighted by molar-refractivity contribution is 7.80. The lowest BCUT2D eigenvalue weighted by Gasteiger charge is -2.38. The van der Waals surface area contributed by atoms with E-state index in [1.807, 2.05) is 91.0 Å². The fourth-order valence-electron chi connectivity index (χ4n) is 3.65. The summed E-state index contributed by atoms with van der Waals surface area (Å²) < 4.78 is 11.4. The summed E-state index contributed by atoms with van der Waals surface area (Å²) in [6.45, 7) is 1.67. The zero-order valence-corrected chi connectivity index (χ0v) is 19.0. The average Bonchev–Trinajstić information content (AvgIpc) is 2.86. The van der Waals surface area contributed by atoms with E-state index < -0.39 is 29.6 Å². The molecule has 0 saturated carbocycles. The number of ether oxygens (including phenoxy) is 2. The van der Waals surface area contributed by atoms with Crippen molar-refractivity contribution in [2.75, 3.05) is 12.9 Å². The van der Waals surface area contributed by atoms with Crippen molar-refractivity contribution in [1.29, 1.82) is 0 Å². The fraction of sp³-hybridized carbons (Fsp3) is 0.231. The number of hydrogen-bond acceptors (Lipinski definition) is 5. The Labute approximate surface area is 194 Å². The Morgan fingerprint density at radius 3 is 1.59 bits per heavy atom. The second-order valence-corrected chi connectivity index (χ2v) is 7.67. The first-order chi connectivity index (χ1) is 15.5. The topological polar surface area (TPSA) is 64.6 Å². The smallest absolute Gasteiger partial charge is 0.329 e. The molecule has 0 aliphatic rings. The normalized spacial score (nSPS) is 13.1. The van der Waals surface area contributed by atoms with Crippen LogP contribution >= 0.6 is 12.6 Å². The first-order valence-electron chi connectivity index (χ1n) is 10.4. The van der Waals surface area contributed by atoms with E-state index in [2.05, 4.69) is 17.9 Å². The van der Waals surface area contributed by atoms with E-state index in [0.717, 1.165) is 16.7 Å². The predicted octanol–water partition coefficient (Wildman–Crippen LogP) is 3.97. The van der Waals surface area contributed by atoms with Gasteiger partial charge in [0.05, 0.1) is 7.11 Å². The number of amides is 1. The second kappa shape index (κ2) is 11.0. The molecular weight excluding hydrogens is 422 g/mol. The van der Waals surface area contributed by atoms with Crippen LogP contribution in [-0.2, 0) is 24.7 Å². The van der Waals surface area contributed by atoms with Gasteiger partial charge >= 0.3 is 5.97 Å². The van der Waals surface area contributed by atoms with Gasteiger partial charge in [0.1, 0.15) is 17.7 Å². The summed E-state index contributed by atoms with van der Waals surface area (Å²) in [4.78, 5) is 25.0. The maximum Gasteiger partial charge on any atom is 0.329 e. The lowest BCUT2D eigenvalue weighted by Crippen LogP contribution is -2.49. The second-order valence-electron chi connectivity index (χ2n) is 7.31. The zero-order valence-electron chi connectivity index (χ0n) is 18.1. The predicted molar refractivity (Wildman–Crippen MR) is 128 cm³/mol. The van der Waals surface area contributed by atoms with E-state index in [1.165, 1.54) is 7.11 Å². The van der Waals surface area contributed by atoms with Crippen LogP contribution < -0.4 is 5.32 Å². The molecule has 1 amide bonds. The van der Waals surface area contributed by atoms with Crippen molar-refractivity contribution < 1.29 is 19.1 Å². The van der Waals surface area contributed by atoms with E-state index in [4.69, 9.17) is 9.47 Å². The van der Waals surface area contributed by atoms with Gasteiger partial charge in [-0.1, -0.05) is 91.0 Å². The van der Waals surface area contributed by atoms with E-state index in [-0.39, 0.29) is 5.75 Å². The molecule has 3 rings (SSSR count). The van der Waals surface area contributed by atoms with Crippen LogP contribution in [0.3, 0.4) is 0 Å². The van der Waals surface area contributed by atoms with E-state index >= 15 is 0 Å². The van der Waals surface area contributed by atoms with Gasteiger partial charge in [0, 0.05) is 5.75 Å². The summed E-state index contributed by atoms with van der Waals surface area (Å²) >= 11 is 4.15. The number of carbonyl (C=O) groups excluding carboxylic acids is 2. The molecule has 2 atom stereocenters. The lowest BCUT2D eigenvalue weighted by atomic mass is 9.80. The third kappa shape index (κ3) is 5.03. The van der Waals surface area contributed by atoms with Crippen LogP contribution in [0.1, 0.15) is 23.6 Å². The first kappa shape index (κ1) is 23.6. The Morgan fingerprint density at radius 1 is 0.844 bits per heavy atom. The number of esters is 1. The highest BCUT2D eigenvalue weighted by Gasteiger charge is 2.40. The maximum atomic E-state index is 13.0. The van der Waals surface area contributed by atoms with E-state index in [0.29, 0.717) is 0 Å². The van der Waals surface area contributed by atoms with Crippen LogP contribution in [0.2, 0.25) is 0 Å². The van der Waals surface area contributed by atoms with Gasteiger partial charge in [-0.15, -0.1) is 0 Å². The summed E-state index contributed by atoms with van der Waals surface area (Å²) in [6.07, 6.45) is -0.886. The minimum Gasteiger partial charge on any atom is -0.467 e. The molecular formula is C26H27NO4S. The molecule has 1 N–H and O–H groups in total. The average molecular weight is 450 g/mol. The SMILES string of the molecule is COC(=O)[C@H](CS)NC(=O)[C@H](C)OC(c1ccccc1)(c1ccccc1)c1ccccc1. The zero-order chi connectivity index (χ0) is 23.0. The van der Waals surface area contributed by atoms with Gasteiger partial charge in [0.25, 0.3) is 0 Å². The van der Waals surface area contributed by atoms with Gasteiger partial charge in [-0.2, -0.15) is 12.6 Å². The van der Waals surface area contributed by atoms with Gasteiger partial charge in [-0.25, -0.2) is 4.79 Å². The van der Waals surface area contributed by atoms with Crippen LogP contribution in [0.5, 0.6) is 0 Å². The molecule has 5 nitrogen and oxygen atoms in total. The Balaban J connectivity index is 2.07. The summed E-state index contributed by atoms with van der Waals surface area (Å²) in [5.41, 5.74) is 1.62. The van der Waals surface area contributed by atoms with Crippen molar-refractivity contribution >= 4 is 24.5 Å². The van der Waals surface area contributed by atoms with Gasteiger partial charge < -0.3 is 14.8 Å². The van der Waals surface area contributed by atoms with Gasteiger partial charge in [0.15, 0.2) is 0 Å². The molecule has 0 spiro atoms. The monoisotopic (exact) mass is 449 g/mol. The van der Waals surface area contributed by atoms with Crippen LogP contribution in [0, 0.1) is 0 Å². The van der Waals surface area contributed by atoms with Crippen molar-refractivity contribution in [2.24, 2.45) is 0 Å². The Bertz CT molecular complexity index is 915. The van der Waals surface area contributed by atoms with Crippen LogP contribution in [0.25, 0.3) is 0 Å². The molecule has 0 bridgehead atoms. The van der Waals surface area contributed by atoms with Gasteiger partial charge in [-0.3, -0.25) is 4.79 Å². The number of nitrogens with one attached hydrogen (secondary N) is 1. The molecule has 0 heterocycles. The summed E-state index contributed by atoms with van der Waals surface area (Å²) in [6, 6.07) is 28.5. The van der Waals surface area contributed by atoms with Crippen molar-refractivity contribution in [3.8, 4) is 0 Å². The highest BCUT2D eigenvalue weighted by atomic mass is 32.1. The summed E-state index contributed by atoms with van der Waals surface area (Å²) in [7, 11) is 1.27. The molecule has 0 radical (unpaired) electrons. The number of hydrogen-bond donors (Lipinski definition) is 2. The van der Waals surface area contributed by atoms with E-state index in [1.54, 1.807) is 6.92 Å². The molecule has 0 aromatic heterocycles. The first-order valence-corrected chi connectivity index (χ1v) is 11.0. The molecule has 0 saturated heterocycles. The molecule has 0 aliphatic heterocycles. The minimum atomic E-state index is -1.04. The van der Waals surface area contributed by atoms with Crippen LogP contribution in [0.15, 0.2) is 91.0 Å². The van der Waals surface area contributed by atoms with Gasteiger partial charge in [0.2, 0.25) is 5.91 Å². The molecule has 3 aromatic rings. The van der Waals surface area contributed by atoms with Gasteiger partial charge in [-0.05, 0) is 23.6 Å². The summed E-state index contributed by atoms with van der Waals surface area (Å²) in [5, 5.41) is 2.68. The standard InChI is InChI=1S/C26H27NO4S/c1-19(24(28)27-23(18-32)25(29)30-2)31-26(20-12-6-3-7-13-20,21-14-8-4-9-15-21)22-16-10-5-11-17-22/h3-17,19,23,32H,18H2,1-2H3,(H,27,28)/t19-,23-/m0/s1. The summed E-state index contributed by atoms with van der Waals surface area (Å²) in [5.74, 6) is -0.866. The largest absolute Gasteiger partial charge is 0.467 e. The number of benzene rings is 3. The molecule has 0 fully saturated rings. The minimum absolute atomic E-state index is 0.117. The number of methoxy groups -OCH3 is 1. The Morgan fingerprint density at radius 2 is 1.25 bits per heavy atom. The molecule has 0 aliphatic carbocycles. The number of carbonyl (C=O) groups is 2. The number of thiol groups is 1. The van der Waals surface area contributed by atoms with Crippen molar-refractivity contribution in [3.63, 3.8) is 0 Å². The Hall–Kier alpha value is -3.09. The Kier molecular flexibility index (Phi) is 8.09. The van der Waals surface area contributed by atoms with Crippen LogP contribution in [0.4, 0.5) is 0 Å². The van der Waals surface area contributed by atoms with Crippen LogP contribution in [-0.4, -0.2) is 36.9 Å². The molecule has 3 aromatic carbocycles. The third-order valence-corrected chi connectivity index (χ3v) is 5.61. The quantitative estimate of drug-likeness (QED) is 0.295. The highest BCUT2D eigenvalue weighted by Crippen LogP contribution is 2.41. The maximum absolute atomic E-state index is 13.0. The molecule has 0 unspecified atom stereocenters. The van der Waals surface area contributed by atoms with Crippen molar-refractivity contribution in [3.05, 3.63) is 108 Å². The molecule has 6 heteroatoms. The lowest BCUT2D eigenvalue weighted by molar-refractivity contribution is -0.148. The molecule has 166 valence electrons. The van der Waals surface area contributed by atoms with E-state index in [9.17, 15) is 9.59 Å². The van der Waals surface area contributed by atoms with Crippen molar-refractivity contribution in [2.45, 2.75) is 24.7 Å². The number of rotatable bonds is 9.